The lowest BCUT2D eigenvalue weighted by Gasteiger charge is -2.05. The van der Waals surface area contributed by atoms with Gasteiger partial charge in [0.1, 0.15) is 16.1 Å². The molecule has 1 fully saturated rings. The highest BCUT2D eigenvalue weighted by Gasteiger charge is 2.33. The Morgan fingerprint density at radius 3 is 2.61 bits per heavy atom. The van der Waals surface area contributed by atoms with Gasteiger partial charge < -0.3 is 4.57 Å². The largest absolute Gasteiger partial charge is 0.417 e. The zero-order valence-electron chi connectivity index (χ0n) is 16.7. The zero-order valence-corrected chi connectivity index (χ0v) is 17.5. The van der Waals surface area contributed by atoms with Gasteiger partial charge in [-0.25, -0.2) is 22.9 Å². The van der Waals surface area contributed by atoms with Crippen LogP contribution in [0.3, 0.4) is 0 Å². The second-order valence-corrected chi connectivity index (χ2v) is 9.92. The summed E-state index contributed by atoms with van der Waals surface area (Å²) in [5.41, 5.74) is 0.890. The number of pyridine rings is 2. The van der Waals surface area contributed by atoms with Gasteiger partial charge in [-0.1, -0.05) is 13.0 Å². The number of imidazole rings is 1. The van der Waals surface area contributed by atoms with Crippen LogP contribution in [0.2, 0.25) is 0 Å². The number of rotatable bonds is 4. The lowest BCUT2D eigenvalue weighted by atomic mass is 10.2. The molecule has 4 aromatic rings. The molecular formula is C20H18F3N5O2S. The number of hydrogen-bond donors (Lipinski definition) is 0. The van der Waals surface area contributed by atoms with Gasteiger partial charge in [-0.3, -0.25) is 0 Å². The fraction of sp³-hybridized carbons (Fsp3) is 0.350. The molecule has 4 aromatic heterocycles. The molecule has 0 atom stereocenters. The fourth-order valence-electron chi connectivity index (χ4n) is 3.74. The van der Waals surface area contributed by atoms with Crippen molar-refractivity contribution in [3.63, 3.8) is 0 Å². The van der Waals surface area contributed by atoms with Gasteiger partial charge in [0.05, 0.1) is 16.8 Å². The van der Waals surface area contributed by atoms with E-state index in [1.807, 2.05) is 12.3 Å². The number of sulfone groups is 1. The van der Waals surface area contributed by atoms with Crippen molar-refractivity contribution in [3.05, 3.63) is 41.7 Å². The Morgan fingerprint density at radius 1 is 1.23 bits per heavy atom. The van der Waals surface area contributed by atoms with Crippen molar-refractivity contribution in [3.8, 4) is 11.5 Å². The SMILES string of the molecule is CCS(=O)(=O)c1c(-c2nc3cc(C(F)(F)F)cnc3n2C)nn2cc(C3CC3)ccc12. The van der Waals surface area contributed by atoms with Crippen LogP contribution in [0.1, 0.15) is 36.8 Å². The van der Waals surface area contributed by atoms with Gasteiger partial charge in [-0.2, -0.15) is 18.3 Å². The molecule has 11 heteroatoms. The summed E-state index contributed by atoms with van der Waals surface area (Å²) in [5.74, 6) is 0.445. The molecule has 0 aromatic carbocycles. The van der Waals surface area contributed by atoms with Crippen molar-refractivity contribution in [2.24, 2.45) is 7.05 Å². The molecule has 0 radical (unpaired) electrons. The van der Waals surface area contributed by atoms with Crippen LogP contribution in [-0.4, -0.2) is 38.3 Å². The first-order valence-corrected chi connectivity index (χ1v) is 11.4. The van der Waals surface area contributed by atoms with Crippen LogP contribution in [-0.2, 0) is 23.1 Å². The van der Waals surface area contributed by atoms with Crippen LogP contribution >= 0.6 is 0 Å². The van der Waals surface area contributed by atoms with Crippen molar-refractivity contribution in [1.82, 2.24) is 24.1 Å². The van der Waals surface area contributed by atoms with Crippen LogP contribution in [0, 0.1) is 0 Å². The lowest BCUT2D eigenvalue weighted by Crippen LogP contribution is -2.06. The van der Waals surface area contributed by atoms with Crippen LogP contribution in [0.15, 0.2) is 35.5 Å². The number of aromatic nitrogens is 5. The Morgan fingerprint density at radius 2 is 1.97 bits per heavy atom. The van der Waals surface area contributed by atoms with Crippen LogP contribution in [0.25, 0.3) is 28.2 Å². The minimum Gasteiger partial charge on any atom is -0.310 e. The van der Waals surface area contributed by atoms with Gasteiger partial charge in [0.15, 0.2) is 21.3 Å². The van der Waals surface area contributed by atoms with Crippen molar-refractivity contribution < 1.29 is 21.6 Å². The molecule has 162 valence electrons. The maximum Gasteiger partial charge on any atom is 0.417 e. The summed E-state index contributed by atoms with van der Waals surface area (Å²) in [7, 11) is -2.12. The predicted molar refractivity (Wildman–Crippen MR) is 107 cm³/mol. The molecule has 0 saturated heterocycles. The second-order valence-electron chi connectivity index (χ2n) is 7.71. The van der Waals surface area contributed by atoms with E-state index in [1.165, 1.54) is 16.0 Å². The summed E-state index contributed by atoms with van der Waals surface area (Å²) < 4.78 is 68.2. The summed E-state index contributed by atoms with van der Waals surface area (Å²) >= 11 is 0. The van der Waals surface area contributed by atoms with E-state index in [-0.39, 0.29) is 33.3 Å². The van der Waals surface area contributed by atoms with Gasteiger partial charge in [0, 0.05) is 19.4 Å². The first kappa shape index (κ1) is 20.0. The van der Waals surface area contributed by atoms with Gasteiger partial charge in [0.25, 0.3) is 0 Å². The van der Waals surface area contributed by atoms with Crippen molar-refractivity contribution in [2.45, 2.75) is 36.8 Å². The minimum absolute atomic E-state index is 0.0166. The number of hydrogen-bond acceptors (Lipinski definition) is 5. The number of aryl methyl sites for hydroxylation is 1. The van der Waals surface area contributed by atoms with Gasteiger partial charge in [-0.15, -0.1) is 0 Å². The Labute approximate surface area is 175 Å². The molecule has 0 N–H and O–H groups in total. The molecule has 31 heavy (non-hydrogen) atoms. The number of halogens is 3. The number of fused-ring (bicyclic) bond motifs is 2. The van der Waals surface area contributed by atoms with Crippen molar-refractivity contribution in [1.29, 1.82) is 0 Å². The van der Waals surface area contributed by atoms with E-state index in [9.17, 15) is 21.6 Å². The quantitative estimate of drug-likeness (QED) is 0.471. The second kappa shape index (κ2) is 6.52. The monoisotopic (exact) mass is 449 g/mol. The Bertz CT molecular complexity index is 1450. The summed E-state index contributed by atoms with van der Waals surface area (Å²) in [4.78, 5) is 8.21. The van der Waals surface area contributed by atoms with E-state index in [2.05, 4.69) is 15.1 Å². The van der Waals surface area contributed by atoms with Gasteiger partial charge in [-0.05, 0) is 36.5 Å². The van der Waals surface area contributed by atoms with E-state index in [1.54, 1.807) is 13.1 Å². The molecule has 1 saturated carbocycles. The maximum atomic E-state index is 13.1. The van der Waals surface area contributed by atoms with Gasteiger partial charge >= 0.3 is 6.18 Å². The lowest BCUT2D eigenvalue weighted by molar-refractivity contribution is -0.137. The van der Waals surface area contributed by atoms with E-state index in [4.69, 9.17) is 0 Å². The van der Waals surface area contributed by atoms with E-state index in [0.717, 1.165) is 30.7 Å². The van der Waals surface area contributed by atoms with Crippen molar-refractivity contribution in [2.75, 3.05) is 5.75 Å². The third kappa shape index (κ3) is 3.18. The average Bonchev–Trinajstić information content (AvgIpc) is 3.42. The molecule has 1 aliphatic carbocycles. The highest BCUT2D eigenvalue weighted by atomic mass is 32.2. The summed E-state index contributed by atoms with van der Waals surface area (Å²) in [6, 6.07) is 4.54. The highest BCUT2D eigenvalue weighted by Crippen LogP contribution is 2.41. The van der Waals surface area contributed by atoms with Crippen LogP contribution in [0.5, 0.6) is 0 Å². The molecule has 0 aliphatic heterocycles. The standard InChI is InChI=1S/C20H18F3N5O2S/c1-3-31(29,30)17-15-7-6-12(11-4-5-11)10-28(15)26-16(17)19-25-14-8-13(20(21,22)23)9-24-18(14)27(19)2/h6-11H,3-5H2,1-2H3. The minimum atomic E-state index is -4.56. The molecule has 1 aliphatic rings. The normalized spacial score (nSPS) is 15.3. The average molecular weight is 449 g/mol. The summed E-state index contributed by atoms with van der Waals surface area (Å²) in [5, 5.41) is 4.50. The van der Waals surface area contributed by atoms with E-state index in [0.29, 0.717) is 11.4 Å². The van der Waals surface area contributed by atoms with Crippen LogP contribution < -0.4 is 0 Å². The molecule has 5 rings (SSSR count). The molecule has 0 bridgehead atoms. The first-order valence-electron chi connectivity index (χ1n) is 9.75. The number of alkyl halides is 3. The molecule has 0 spiro atoms. The third-order valence-electron chi connectivity index (χ3n) is 5.60. The Kier molecular flexibility index (Phi) is 4.20. The topological polar surface area (TPSA) is 82.1 Å². The summed E-state index contributed by atoms with van der Waals surface area (Å²) in [6.07, 6.45) is 0.157. The molecule has 4 heterocycles. The van der Waals surface area contributed by atoms with Crippen molar-refractivity contribution >= 4 is 26.5 Å². The smallest absolute Gasteiger partial charge is 0.310 e. The van der Waals surface area contributed by atoms with E-state index < -0.39 is 21.6 Å². The van der Waals surface area contributed by atoms with E-state index >= 15 is 0 Å². The summed E-state index contributed by atoms with van der Waals surface area (Å²) in [6.45, 7) is 1.53. The zero-order chi connectivity index (χ0) is 22.1. The fourth-order valence-corrected chi connectivity index (χ4v) is 4.94. The van der Waals surface area contributed by atoms with Crippen LogP contribution in [0.4, 0.5) is 13.2 Å². The third-order valence-corrected chi connectivity index (χ3v) is 7.38. The molecule has 0 unspecified atom stereocenters. The molecular weight excluding hydrogens is 431 g/mol. The molecule has 7 nitrogen and oxygen atoms in total. The first-order chi connectivity index (χ1) is 14.6. The molecule has 0 amide bonds. The Hall–Kier alpha value is -2.95. The highest BCUT2D eigenvalue weighted by molar-refractivity contribution is 7.91. The Balaban J connectivity index is 1.78. The van der Waals surface area contributed by atoms with Gasteiger partial charge in [0.2, 0.25) is 0 Å². The number of nitrogens with zero attached hydrogens (tertiary/aromatic N) is 5. The maximum absolute atomic E-state index is 13.1. The predicted octanol–water partition coefficient (Wildman–Crippen LogP) is 3.97.